The highest BCUT2D eigenvalue weighted by atomic mass is 16.5. The number of hydrogen-bond acceptors (Lipinski definition) is 3. The van der Waals surface area contributed by atoms with Crippen molar-refractivity contribution in [1.29, 1.82) is 0 Å². The van der Waals surface area contributed by atoms with Gasteiger partial charge in [-0.25, -0.2) is 0 Å². The highest BCUT2D eigenvalue weighted by Crippen LogP contribution is 2.07. The molecular formula is C12H23N3O. The highest BCUT2D eigenvalue weighted by molar-refractivity contribution is 5.05. The molecule has 0 aliphatic rings. The van der Waals surface area contributed by atoms with Crippen molar-refractivity contribution >= 4 is 0 Å². The Labute approximate surface area is 97.8 Å². The second-order valence-electron chi connectivity index (χ2n) is 5.25. The number of aromatic nitrogens is 2. The highest BCUT2D eigenvalue weighted by Gasteiger charge is 2.09. The van der Waals surface area contributed by atoms with Crippen molar-refractivity contribution in [3.8, 4) is 0 Å². The zero-order valence-corrected chi connectivity index (χ0v) is 10.7. The largest absolute Gasteiger partial charge is 0.374 e. The minimum absolute atomic E-state index is 0.0816. The lowest BCUT2D eigenvalue weighted by molar-refractivity contribution is -0.00789. The van der Waals surface area contributed by atoms with Crippen LogP contribution < -0.4 is 5.73 Å². The molecule has 1 heterocycles. The maximum absolute atomic E-state index is 5.73. The Morgan fingerprint density at radius 1 is 1.50 bits per heavy atom. The summed E-state index contributed by atoms with van der Waals surface area (Å²) >= 11 is 0. The Kier molecular flexibility index (Phi) is 4.50. The van der Waals surface area contributed by atoms with Crippen molar-refractivity contribution in [2.75, 3.05) is 6.61 Å². The minimum atomic E-state index is -0.0816. The van der Waals surface area contributed by atoms with Crippen molar-refractivity contribution < 1.29 is 4.74 Å². The van der Waals surface area contributed by atoms with E-state index in [1.165, 1.54) is 5.56 Å². The molecule has 4 nitrogen and oxygen atoms in total. The molecular weight excluding hydrogens is 202 g/mol. The SMILES string of the molecule is CC(N)Cc1cnn(CCOC(C)(C)C)c1. The molecule has 0 aliphatic carbocycles. The number of nitrogens with zero attached hydrogens (tertiary/aromatic N) is 2. The third-order valence-corrected chi connectivity index (χ3v) is 2.10. The van der Waals surface area contributed by atoms with Crippen molar-refractivity contribution in [3.63, 3.8) is 0 Å². The second kappa shape index (κ2) is 5.46. The van der Waals surface area contributed by atoms with Gasteiger partial charge in [0.15, 0.2) is 0 Å². The molecule has 0 bridgehead atoms. The fraction of sp³-hybridized carbons (Fsp3) is 0.750. The molecule has 16 heavy (non-hydrogen) atoms. The first-order valence-electron chi connectivity index (χ1n) is 5.78. The van der Waals surface area contributed by atoms with E-state index in [2.05, 4.69) is 25.9 Å². The van der Waals surface area contributed by atoms with Crippen LogP contribution in [0.4, 0.5) is 0 Å². The molecule has 0 amide bonds. The first-order valence-corrected chi connectivity index (χ1v) is 5.78. The van der Waals surface area contributed by atoms with E-state index in [0.717, 1.165) is 13.0 Å². The monoisotopic (exact) mass is 225 g/mol. The standard InChI is InChI=1S/C12H23N3O/c1-10(13)7-11-8-14-15(9-11)5-6-16-12(2,3)4/h8-10H,5-7,13H2,1-4H3. The Bertz CT molecular complexity index is 312. The Balaban J connectivity index is 2.35. The van der Waals surface area contributed by atoms with Crippen LogP contribution in [0.25, 0.3) is 0 Å². The topological polar surface area (TPSA) is 53.1 Å². The molecule has 0 aliphatic heterocycles. The lowest BCUT2D eigenvalue weighted by atomic mass is 10.1. The molecule has 92 valence electrons. The second-order valence-corrected chi connectivity index (χ2v) is 5.25. The molecule has 2 N–H and O–H groups in total. The van der Waals surface area contributed by atoms with Crippen LogP contribution in [0.3, 0.4) is 0 Å². The summed E-state index contributed by atoms with van der Waals surface area (Å²) < 4.78 is 7.54. The van der Waals surface area contributed by atoms with Crippen LogP contribution in [0.2, 0.25) is 0 Å². The normalized spacial score (nSPS) is 14.1. The maximum atomic E-state index is 5.73. The zero-order valence-electron chi connectivity index (χ0n) is 10.7. The van der Waals surface area contributed by atoms with Crippen LogP contribution in [0, 0.1) is 0 Å². The van der Waals surface area contributed by atoms with Crippen LogP contribution in [0.5, 0.6) is 0 Å². The Hall–Kier alpha value is -0.870. The van der Waals surface area contributed by atoms with Crippen LogP contribution in [0.1, 0.15) is 33.3 Å². The van der Waals surface area contributed by atoms with E-state index in [0.29, 0.717) is 6.61 Å². The molecule has 0 radical (unpaired) electrons. The van der Waals surface area contributed by atoms with E-state index in [1.807, 2.05) is 24.0 Å². The molecule has 1 rings (SSSR count). The molecule has 0 saturated carbocycles. The molecule has 1 aromatic rings. The number of ether oxygens (including phenoxy) is 1. The summed E-state index contributed by atoms with van der Waals surface area (Å²) in [6.45, 7) is 9.63. The Morgan fingerprint density at radius 3 is 2.75 bits per heavy atom. The summed E-state index contributed by atoms with van der Waals surface area (Å²) in [6.07, 6.45) is 4.79. The summed E-state index contributed by atoms with van der Waals surface area (Å²) in [5, 5.41) is 4.27. The zero-order chi connectivity index (χ0) is 12.2. The maximum Gasteiger partial charge on any atom is 0.0669 e. The molecule has 0 aromatic carbocycles. The van der Waals surface area contributed by atoms with Crippen LogP contribution in [-0.4, -0.2) is 28.0 Å². The molecule has 1 aromatic heterocycles. The third-order valence-electron chi connectivity index (χ3n) is 2.10. The molecule has 0 fully saturated rings. The predicted molar refractivity (Wildman–Crippen MR) is 65.3 cm³/mol. The van der Waals surface area contributed by atoms with Crippen LogP contribution in [0.15, 0.2) is 12.4 Å². The predicted octanol–water partition coefficient (Wildman–Crippen LogP) is 1.59. The number of rotatable bonds is 5. The fourth-order valence-electron chi connectivity index (χ4n) is 1.45. The fourth-order valence-corrected chi connectivity index (χ4v) is 1.45. The van der Waals surface area contributed by atoms with Gasteiger partial charge in [-0.1, -0.05) is 0 Å². The lowest BCUT2D eigenvalue weighted by Crippen LogP contribution is -2.22. The van der Waals surface area contributed by atoms with Crippen molar-refractivity contribution in [2.45, 2.75) is 52.3 Å². The van der Waals surface area contributed by atoms with E-state index in [9.17, 15) is 0 Å². The molecule has 4 heteroatoms. The summed E-state index contributed by atoms with van der Waals surface area (Å²) in [7, 11) is 0. The molecule has 0 spiro atoms. The summed E-state index contributed by atoms with van der Waals surface area (Å²) in [5.41, 5.74) is 6.83. The van der Waals surface area contributed by atoms with Gasteiger partial charge in [-0.3, -0.25) is 4.68 Å². The van der Waals surface area contributed by atoms with Crippen LogP contribution in [-0.2, 0) is 17.7 Å². The van der Waals surface area contributed by atoms with Gasteiger partial charge in [-0.2, -0.15) is 5.10 Å². The quantitative estimate of drug-likeness (QED) is 0.828. The smallest absolute Gasteiger partial charge is 0.0669 e. The molecule has 0 saturated heterocycles. The number of nitrogens with two attached hydrogens (primary N) is 1. The van der Waals surface area contributed by atoms with Gasteiger partial charge in [-0.05, 0) is 39.7 Å². The van der Waals surface area contributed by atoms with Gasteiger partial charge in [0.05, 0.1) is 24.9 Å². The average molecular weight is 225 g/mol. The average Bonchev–Trinajstić information content (AvgIpc) is 2.49. The van der Waals surface area contributed by atoms with Gasteiger partial charge < -0.3 is 10.5 Å². The Morgan fingerprint density at radius 2 is 2.19 bits per heavy atom. The third kappa shape index (κ3) is 5.28. The van der Waals surface area contributed by atoms with Gasteiger partial charge in [0.1, 0.15) is 0 Å². The van der Waals surface area contributed by atoms with Crippen LogP contribution >= 0.6 is 0 Å². The van der Waals surface area contributed by atoms with Gasteiger partial charge in [0.2, 0.25) is 0 Å². The van der Waals surface area contributed by atoms with Gasteiger partial charge >= 0.3 is 0 Å². The summed E-state index contributed by atoms with van der Waals surface area (Å²) in [4.78, 5) is 0. The van der Waals surface area contributed by atoms with Crippen molar-refractivity contribution in [1.82, 2.24) is 9.78 Å². The number of hydrogen-bond donors (Lipinski definition) is 1. The van der Waals surface area contributed by atoms with Gasteiger partial charge in [0.25, 0.3) is 0 Å². The van der Waals surface area contributed by atoms with Gasteiger partial charge in [0, 0.05) is 12.2 Å². The van der Waals surface area contributed by atoms with E-state index in [-0.39, 0.29) is 11.6 Å². The molecule has 1 unspecified atom stereocenters. The summed E-state index contributed by atoms with van der Waals surface area (Å²) in [6, 6.07) is 0.184. The first-order chi connectivity index (χ1) is 7.37. The van der Waals surface area contributed by atoms with Crippen molar-refractivity contribution in [3.05, 3.63) is 18.0 Å². The molecule has 1 atom stereocenters. The lowest BCUT2D eigenvalue weighted by Gasteiger charge is -2.19. The van der Waals surface area contributed by atoms with E-state index in [4.69, 9.17) is 10.5 Å². The van der Waals surface area contributed by atoms with E-state index in [1.54, 1.807) is 0 Å². The van der Waals surface area contributed by atoms with E-state index < -0.39 is 0 Å². The van der Waals surface area contributed by atoms with Crippen molar-refractivity contribution in [2.24, 2.45) is 5.73 Å². The first kappa shape index (κ1) is 13.2. The minimum Gasteiger partial charge on any atom is -0.374 e. The van der Waals surface area contributed by atoms with E-state index >= 15 is 0 Å². The summed E-state index contributed by atoms with van der Waals surface area (Å²) in [5.74, 6) is 0. The van der Waals surface area contributed by atoms with Gasteiger partial charge in [-0.15, -0.1) is 0 Å².